The Hall–Kier alpha value is -3.72. The van der Waals surface area contributed by atoms with Gasteiger partial charge in [-0.05, 0) is 59.6 Å². The summed E-state index contributed by atoms with van der Waals surface area (Å²) in [7, 11) is 0. The highest BCUT2D eigenvalue weighted by Gasteiger charge is 2.46. The number of H-pyrrole nitrogens is 1. The van der Waals surface area contributed by atoms with Crippen LogP contribution in [0.15, 0.2) is 75.0 Å². The van der Waals surface area contributed by atoms with E-state index < -0.39 is 6.17 Å². The Balaban J connectivity index is 1.69. The first kappa shape index (κ1) is 23.0. The number of carbonyl (C=O) groups is 1. The Morgan fingerprint density at radius 1 is 1.17 bits per heavy atom. The lowest BCUT2D eigenvalue weighted by atomic mass is 10.0. The summed E-state index contributed by atoms with van der Waals surface area (Å²) in [6.45, 7) is 3.58. The van der Waals surface area contributed by atoms with Gasteiger partial charge in [0.25, 0.3) is 0 Å². The lowest BCUT2D eigenvalue weighted by Crippen LogP contribution is -2.60. The Kier molecular flexibility index (Phi) is 6.25. The molecule has 0 spiro atoms. The maximum atomic E-state index is 13.4. The predicted molar refractivity (Wildman–Crippen MR) is 132 cm³/mol. The molecule has 1 aliphatic rings. The van der Waals surface area contributed by atoms with Gasteiger partial charge in [0.1, 0.15) is 11.6 Å². The Morgan fingerprint density at radius 2 is 1.94 bits per heavy atom. The highest BCUT2D eigenvalue weighted by atomic mass is 32.2. The van der Waals surface area contributed by atoms with E-state index in [1.807, 2.05) is 12.1 Å². The highest BCUT2D eigenvalue weighted by Crippen LogP contribution is 2.38. The second-order valence-electron chi connectivity index (χ2n) is 8.24. The fourth-order valence-corrected chi connectivity index (χ4v) is 5.15. The Labute approximate surface area is 205 Å². The topological polar surface area (TPSA) is 83.1 Å². The van der Waals surface area contributed by atoms with E-state index in [-0.39, 0.29) is 17.3 Å². The van der Waals surface area contributed by atoms with Gasteiger partial charge in [-0.2, -0.15) is 0 Å². The van der Waals surface area contributed by atoms with Crippen LogP contribution in [0.25, 0.3) is 22.6 Å². The second-order valence-corrected chi connectivity index (χ2v) is 9.33. The average Bonchev–Trinajstić information content (AvgIpc) is 3.33. The standard InChI is InChI=1S/C26H23FN4O3S/c1-3-4-15-35-26-28-24(33)23-19-7-5-6-8-20(19)30(16(2)32)25(31(23)29-26)22-14-13-21(34-22)17-9-11-18(27)12-10-17/h5-14,25H,3-4,15H2,1-2H3/p+1. The van der Waals surface area contributed by atoms with Crippen LogP contribution < -0.4 is 15.1 Å². The van der Waals surface area contributed by atoms with Crippen molar-refractivity contribution in [1.82, 2.24) is 10.1 Å². The van der Waals surface area contributed by atoms with Crippen molar-refractivity contribution in [2.24, 2.45) is 0 Å². The monoisotopic (exact) mass is 491 g/mol. The highest BCUT2D eigenvalue weighted by molar-refractivity contribution is 7.99. The largest absolute Gasteiger partial charge is 0.452 e. The van der Waals surface area contributed by atoms with Crippen molar-refractivity contribution < 1.29 is 18.3 Å². The number of halogens is 1. The number of rotatable bonds is 6. The molecule has 1 unspecified atom stereocenters. The fourth-order valence-electron chi connectivity index (χ4n) is 4.21. The number of benzene rings is 2. The quantitative estimate of drug-likeness (QED) is 0.235. The first-order chi connectivity index (χ1) is 17.0. The molecule has 0 saturated heterocycles. The van der Waals surface area contributed by atoms with Crippen LogP contribution in [0.3, 0.4) is 0 Å². The number of hydrogen-bond donors (Lipinski definition) is 1. The Bertz CT molecular complexity index is 1450. The van der Waals surface area contributed by atoms with Gasteiger partial charge in [-0.25, -0.2) is 9.29 Å². The van der Waals surface area contributed by atoms with Gasteiger partial charge < -0.3 is 4.42 Å². The molecule has 0 radical (unpaired) electrons. The van der Waals surface area contributed by atoms with Crippen LogP contribution in [0, 0.1) is 5.82 Å². The van der Waals surface area contributed by atoms with E-state index in [0.29, 0.717) is 39.2 Å². The molecule has 1 aliphatic heterocycles. The maximum absolute atomic E-state index is 13.4. The average molecular weight is 492 g/mol. The molecule has 0 bridgehead atoms. The van der Waals surface area contributed by atoms with Gasteiger partial charge in [-0.1, -0.05) is 37.2 Å². The summed E-state index contributed by atoms with van der Waals surface area (Å²) in [5, 5.41) is 5.23. The van der Waals surface area contributed by atoms with Gasteiger partial charge in [-0.3, -0.25) is 14.6 Å². The second kappa shape index (κ2) is 9.50. The van der Waals surface area contributed by atoms with Gasteiger partial charge in [-0.15, -0.1) is 0 Å². The summed E-state index contributed by atoms with van der Waals surface area (Å²) in [6.07, 6.45) is 1.21. The molecule has 2 aromatic carbocycles. The van der Waals surface area contributed by atoms with Crippen molar-refractivity contribution in [2.45, 2.75) is 38.0 Å². The van der Waals surface area contributed by atoms with Crippen molar-refractivity contribution in [3.63, 3.8) is 0 Å². The van der Waals surface area contributed by atoms with Crippen molar-refractivity contribution >= 4 is 23.4 Å². The molecule has 178 valence electrons. The van der Waals surface area contributed by atoms with Crippen LogP contribution >= 0.6 is 11.8 Å². The number of anilines is 1. The number of hydrogen-bond acceptors (Lipinski definition) is 5. The minimum atomic E-state index is -0.806. The van der Waals surface area contributed by atoms with Gasteiger partial charge in [0, 0.05) is 23.3 Å². The summed E-state index contributed by atoms with van der Waals surface area (Å²) in [5.41, 5.74) is 1.97. The molecule has 1 amide bonds. The van der Waals surface area contributed by atoms with Crippen molar-refractivity contribution in [2.75, 3.05) is 10.7 Å². The van der Waals surface area contributed by atoms with E-state index in [1.165, 1.54) is 30.8 Å². The molecule has 35 heavy (non-hydrogen) atoms. The number of fused-ring (bicyclic) bond motifs is 3. The predicted octanol–water partition coefficient (Wildman–Crippen LogP) is 4.93. The molecule has 1 atom stereocenters. The molecule has 1 N–H and O–H groups in total. The normalized spacial score (nSPS) is 14.5. The minimum absolute atomic E-state index is 0.220. The number of unbranched alkanes of at least 4 members (excludes halogenated alkanes) is 1. The molecule has 0 fully saturated rings. The van der Waals surface area contributed by atoms with Gasteiger partial charge in [0.15, 0.2) is 5.76 Å². The van der Waals surface area contributed by atoms with E-state index in [9.17, 15) is 14.0 Å². The van der Waals surface area contributed by atoms with Crippen molar-refractivity contribution in [1.29, 1.82) is 0 Å². The number of nitrogens with one attached hydrogen (secondary N) is 1. The molecule has 0 aliphatic carbocycles. The van der Waals surface area contributed by atoms with E-state index >= 15 is 0 Å². The molecule has 0 saturated carbocycles. The van der Waals surface area contributed by atoms with E-state index in [2.05, 4.69) is 11.9 Å². The minimum Gasteiger partial charge on any atom is -0.452 e. The van der Waals surface area contributed by atoms with Gasteiger partial charge in [0.05, 0.1) is 11.3 Å². The number of para-hydroxylation sites is 1. The summed E-state index contributed by atoms with van der Waals surface area (Å²) in [5.74, 6) is 1.21. The van der Waals surface area contributed by atoms with Gasteiger partial charge >= 0.3 is 17.4 Å². The summed E-state index contributed by atoms with van der Waals surface area (Å²) in [4.78, 5) is 30.7. The number of carbonyl (C=O) groups excluding carboxylic acids is 1. The maximum Gasteiger partial charge on any atom is 0.325 e. The third kappa shape index (κ3) is 4.27. The molecule has 2 aromatic heterocycles. The zero-order valence-electron chi connectivity index (χ0n) is 19.3. The van der Waals surface area contributed by atoms with Crippen LogP contribution in [0.4, 0.5) is 10.1 Å². The van der Waals surface area contributed by atoms with E-state index in [0.717, 1.165) is 18.6 Å². The van der Waals surface area contributed by atoms with Gasteiger partial charge in [0.2, 0.25) is 11.1 Å². The third-order valence-electron chi connectivity index (χ3n) is 5.84. The van der Waals surface area contributed by atoms with Crippen molar-refractivity contribution in [3.05, 3.63) is 82.6 Å². The van der Waals surface area contributed by atoms with E-state index in [1.54, 1.807) is 46.0 Å². The number of thioether (sulfide) groups is 1. The van der Waals surface area contributed by atoms with Crippen LogP contribution in [-0.2, 0) is 4.79 Å². The number of furan rings is 1. The summed E-state index contributed by atoms with van der Waals surface area (Å²) in [6, 6.07) is 16.8. The molecule has 3 heterocycles. The number of nitrogens with zero attached hydrogens (tertiary/aromatic N) is 3. The molecule has 9 heteroatoms. The number of aromatic nitrogens is 3. The molecule has 4 aromatic rings. The van der Waals surface area contributed by atoms with Crippen LogP contribution in [0.5, 0.6) is 0 Å². The summed E-state index contributed by atoms with van der Waals surface area (Å²) >= 11 is 1.47. The van der Waals surface area contributed by atoms with E-state index in [4.69, 9.17) is 9.52 Å². The SMILES string of the molecule is CCCCSc1n[n+]2c(c(=O)[nH]1)-c1ccccc1N(C(C)=O)C2c1ccc(-c2ccc(F)cc2)o1. The summed E-state index contributed by atoms with van der Waals surface area (Å²) < 4.78 is 21.2. The zero-order chi connectivity index (χ0) is 24.5. The van der Waals surface area contributed by atoms with Crippen LogP contribution in [0.1, 0.15) is 38.6 Å². The molecular weight excluding hydrogens is 467 g/mol. The molecular formula is C26H24FN4O3S+. The van der Waals surface area contributed by atoms with Crippen molar-refractivity contribution in [3.8, 4) is 22.6 Å². The first-order valence-corrected chi connectivity index (χ1v) is 12.4. The first-order valence-electron chi connectivity index (χ1n) is 11.4. The molecule has 5 rings (SSSR count). The van der Waals surface area contributed by atoms with Crippen LogP contribution in [0.2, 0.25) is 0 Å². The molecule has 7 nitrogen and oxygen atoms in total. The smallest absolute Gasteiger partial charge is 0.325 e. The number of amides is 1. The fraction of sp³-hybridized carbons (Fsp3) is 0.231. The lowest BCUT2D eigenvalue weighted by molar-refractivity contribution is -0.764. The number of aromatic amines is 1. The third-order valence-corrected chi connectivity index (χ3v) is 6.79. The zero-order valence-corrected chi connectivity index (χ0v) is 20.1. The Morgan fingerprint density at radius 3 is 2.69 bits per heavy atom. The van der Waals surface area contributed by atoms with Crippen LogP contribution in [-0.4, -0.2) is 21.7 Å². The lowest BCUT2D eigenvalue weighted by Gasteiger charge is -2.30.